The Morgan fingerprint density at radius 1 is 1.50 bits per heavy atom. The fourth-order valence-corrected chi connectivity index (χ4v) is 3.16. The van der Waals surface area contributed by atoms with Gasteiger partial charge in [-0.25, -0.2) is 4.79 Å². The zero-order valence-corrected chi connectivity index (χ0v) is 13.5. The lowest BCUT2D eigenvalue weighted by atomic mass is 9.96. The van der Waals surface area contributed by atoms with Crippen LogP contribution in [0.3, 0.4) is 0 Å². The molecule has 0 saturated heterocycles. The van der Waals surface area contributed by atoms with Gasteiger partial charge < -0.3 is 14.4 Å². The standard InChI is InChI=1S/C15H23NO3S/c1-15(2,3)19-14(17)16(4)8-11-6-5-7-18-13-10-20-9-12(11)13/h9-11H,5-8H2,1-4H3. The summed E-state index contributed by atoms with van der Waals surface area (Å²) < 4.78 is 11.1. The zero-order chi connectivity index (χ0) is 14.8. The lowest BCUT2D eigenvalue weighted by Crippen LogP contribution is -2.36. The van der Waals surface area contributed by atoms with E-state index in [0.29, 0.717) is 12.5 Å². The predicted molar refractivity (Wildman–Crippen MR) is 80.7 cm³/mol. The molecule has 0 fully saturated rings. The molecule has 1 aliphatic heterocycles. The van der Waals surface area contributed by atoms with Crippen LogP contribution in [0.1, 0.15) is 45.1 Å². The van der Waals surface area contributed by atoms with E-state index in [-0.39, 0.29) is 6.09 Å². The van der Waals surface area contributed by atoms with Crippen molar-refractivity contribution < 1.29 is 14.3 Å². The van der Waals surface area contributed by atoms with Gasteiger partial charge in [0.25, 0.3) is 0 Å². The minimum atomic E-state index is -0.453. The van der Waals surface area contributed by atoms with Crippen LogP contribution in [0.4, 0.5) is 4.79 Å². The molecule has 0 radical (unpaired) electrons. The zero-order valence-electron chi connectivity index (χ0n) is 12.6. The quantitative estimate of drug-likeness (QED) is 0.831. The van der Waals surface area contributed by atoms with E-state index >= 15 is 0 Å². The van der Waals surface area contributed by atoms with Crippen LogP contribution in [0, 0.1) is 0 Å². The third-order valence-corrected chi connectivity index (χ3v) is 3.99. The fraction of sp³-hybridized carbons (Fsp3) is 0.667. The van der Waals surface area contributed by atoms with Gasteiger partial charge in [0.1, 0.15) is 11.4 Å². The average molecular weight is 297 g/mol. The molecule has 2 heterocycles. The second-order valence-electron chi connectivity index (χ2n) is 6.24. The van der Waals surface area contributed by atoms with Crippen LogP contribution < -0.4 is 4.74 Å². The number of amides is 1. The van der Waals surface area contributed by atoms with E-state index in [9.17, 15) is 4.79 Å². The number of likely N-dealkylation sites (N-methyl/N-ethyl adjacent to an activating group) is 1. The van der Waals surface area contributed by atoms with Gasteiger partial charge in [0, 0.05) is 30.5 Å². The molecule has 0 N–H and O–H groups in total. The van der Waals surface area contributed by atoms with Gasteiger partial charge in [-0.2, -0.15) is 0 Å². The molecule has 4 nitrogen and oxygen atoms in total. The Bertz CT molecular complexity index is 464. The molecule has 0 saturated carbocycles. The molecule has 0 aromatic carbocycles. The third-order valence-electron chi connectivity index (χ3n) is 3.25. The van der Waals surface area contributed by atoms with Crippen molar-refractivity contribution in [3.63, 3.8) is 0 Å². The summed E-state index contributed by atoms with van der Waals surface area (Å²) in [6, 6.07) is 0. The first-order valence-corrected chi connectivity index (χ1v) is 7.94. The van der Waals surface area contributed by atoms with E-state index < -0.39 is 5.60 Å². The van der Waals surface area contributed by atoms with Crippen molar-refractivity contribution in [2.24, 2.45) is 0 Å². The van der Waals surface area contributed by atoms with E-state index in [1.807, 2.05) is 26.2 Å². The molecular weight excluding hydrogens is 274 g/mol. The topological polar surface area (TPSA) is 38.8 Å². The van der Waals surface area contributed by atoms with Crippen LogP contribution in [-0.2, 0) is 4.74 Å². The Morgan fingerprint density at radius 2 is 2.25 bits per heavy atom. The number of rotatable bonds is 2. The molecule has 1 amide bonds. The molecule has 112 valence electrons. The third kappa shape index (κ3) is 3.88. The second-order valence-corrected chi connectivity index (χ2v) is 6.98. The molecule has 1 aliphatic rings. The van der Waals surface area contributed by atoms with Crippen LogP contribution in [0.5, 0.6) is 5.75 Å². The highest BCUT2D eigenvalue weighted by Gasteiger charge is 2.26. The minimum absolute atomic E-state index is 0.264. The summed E-state index contributed by atoms with van der Waals surface area (Å²) in [4.78, 5) is 13.7. The molecule has 2 rings (SSSR count). The number of carbonyl (C=O) groups excluding carboxylic acids is 1. The van der Waals surface area contributed by atoms with Crippen LogP contribution in [0.2, 0.25) is 0 Å². The maximum Gasteiger partial charge on any atom is 0.410 e. The van der Waals surface area contributed by atoms with Crippen molar-refractivity contribution in [3.8, 4) is 5.75 Å². The Kier molecular flexibility index (Phi) is 4.58. The molecule has 1 aromatic heterocycles. The Hall–Kier alpha value is -1.23. The number of ether oxygens (including phenoxy) is 2. The summed E-state index contributed by atoms with van der Waals surface area (Å²) in [6.45, 7) is 7.08. The van der Waals surface area contributed by atoms with Crippen LogP contribution in [0.25, 0.3) is 0 Å². The van der Waals surface area contributed by atoms with Gasteiger partial charge in [-0.1, -0.05) is 0 Å². The smallest absolute Gasteiger partial charge is 0.410 e. The molecule has 0 bridgehead atoms. The molecule has 1 atom stereocenters. The summed E-state index contributed by atoms with van der Waals surface area (Å²) in [5.41, 5.74) is 0.772. The van der Waals surface area contributed by atoms with E-state index in [1.165, 1.54) is 5.56 Å². The number of hydrogen-bond donors (Lipinski definition) is 0. The Labute approximate surface area is 124 Å². The van der Waals surface area contributed by atoms with Gasteiger partial charge in [0.05, 0.1) is 6.61 Å². The number of thiophene rings is 1. The van der Waals surface area contributed by atoms with Crippen molar-refractivity contribution in [3.05, 3.63) is 16.3 Å². The van der Waals surface area contributed by atoms with Gasteiger partial charge in [-0.3, -0.25) is 0 Å². The largest absolute Gasteiger partial charge is 0.492 e. The molecule has 1 aromatic rings. The molecule has 20 heavy (non-hydrogen) atoms. The first-order valence-electron chi connectivity index (χ1n) is 7.00. The van der Waals surface area contributed by atoms with Crippen molar-refractivity contribution in [2.45, 2.75) is 45.1 Å². The molecule has 1 unspecified atom stereocenters. The number of hydrogen-bond acceptors (Lipinski definition) is 4. The van der Waals surface area contributed by atoms with Crippen molar-refractivity contribution in [2.75, 3.05) is 20.2 Å². The summed E-state index contributed by atoms with van der Waals surface area (Å²) >= 11 is 1.65. The van der Waals surface area contributed by atoms with Gasteiger partial charge in [0.15, 0.2) is 0 Å². The van der Waals surface area contributed by atoms with E-state index in [1.54, 1.807) is 23.3 Å². The van der Waals surface area contributed by atoms with E-state index in [2.05, 4.69) is 5.38 Å². The van der Waals surface area contributed by atoms with E-state index in [4.69, 9.17) is 9.47 Å². The number of carbonyl (C=O) groups is 1. The Balaban J connectivity index is 2.01. The SMILES string of the molecule is CN(CC1CCCOc2cscc21)C(=O)OC(C)(C)C. The summed E-state index contributed by atoms with van der Waals surface area (Å²) in [5.74, 6) is 1.31. The van der Waals surface area contributed by atoms with Crippen LogP contribution >= 0.6 is 11.3 Å². The number of fused-ring (bicyclic) bond motifs is 1. The molecule has 0 aliphatic carbocycles. The minimum Gasteiger partial charge on any atom is -0.492 e. The van der Waals surface area contributed by atoms with Gasteiger partial charge in [-0.15, -0.1) is 11.3 Å². The lowest BCUT2D eigenvalue weighted by molar-refractivity contribution is 0.0287. The maximum absolute atomic E-state index is 12.0. The molecular formula is C15H23NO3S. The van der Waals surface area contributed by atoms with Gasteiger partial charge in [0.2, 0.25) is 0 Å². The summed E-state index contributed by atoms with van der Waals surface area (Å²) in [5, 5.41) is 4.18. The van der Waals surface area contributed by atoms with Gasteiger partial charge >= 0.3 is 6.09 Å². The highest BCUT2D eigenvalue weighted by molar-refractivity contribution is 7.08. The normalized spacial score (nSPS) is 18.7. The van der Waals surface area contributed by atoms with Crippen molar-refractivity contribution >= 4 is 17.4 Å². The van der Waals surface area contributed by atoms with Crippen molar-refractivity contribution in [1.29, 1.82) is 0 Å². The molecule has 0 spiro atoms. The highest BCUT2D eigenvalue weighted by Crippen LogP contribution is 2.36. The maximum atomic E-state index is 12.0. The van der Waals surface area contributed by atoms with Crippen LogP contribution in [-0.4, -0.2) is 36.8 Å². The summed E-state index contributed by atoms with van der Waals surface area (Å²) in [7, 11) is 1.80. The highest BCUT2D eigenvalue weighted by atomic mass is 32.1. The van der Waals surface area contributed by atoms with Crippen LogP contribution in [0.15, 0.2) is 10.8 Å². The average Bonchev–Trinajstić information content (AvgIpc) is 2.71. The van der Waals surface area contributed by atoms with Crippen molar-refractivity contribution in [1.82, 2.24) is 4.90 Å². The number of nitrogens with zero attached hydrogens (tertiary/aromatic N) is 1. The monoisotopic (exact) mass is 297 g/mol. The predicted octanol–water partition coefficient (Wildman–Crippen LogP) is 3.87. The van der Waals surface area contributed by atoms with E-state index in [0.717, 1.165) is 25.2 Å². The Morgan fingerprint density at radius 3 is 2.95 bits per heavy atom. The second kappa shape index (κ2) is 6.04. The summed E-state index contributed by atoms with van der Waals surface area (Å²) in [6.07, 6.45) is 1.79. The lowest BCUT2D eigenvalue weighted by Gasteiger charge is -2.27. The fourth-order valence-electron chi connectivity index (χ4n) is 2.31. The first kappa shape index (κ1) is 15.2. The first-order chi connectivity index (χ1) is 9.37. The molecule has 5 heteroatoms. The van der Waals surface area contributed by atoms with Gasteiger partial charge in [-0.05, 0) is 39.0 Å².